The van der Waals surface area contributed by atoms with Crippen LogP contribution >= 0.6 is 0 Å². The number of benzene rings is 2. The third kappa shape index (κ3) is 4.54. The Morgan fingerprint density at radius 2 is 1.59 bits per heavy atom. The maximum absolute atomic E-state index is 13.1. The maximum atomic E-state index is 13.1. The van der Waals surface area contributed by atoms with Gasteiger partial charge in [0.1, 0.15) is 11.5 Å². The molecule has 1 amide bonds. The molecule has 0 saturated carbocycles. The molecule has 3 aromatic rings. The standard InChI is InChI=1S/C23H23FN4O/c1-17-3-2-4-19(15-17)26-23(29)22-10-9-21(16-25-22)28-13-11-27(12-14-28)20-7-5-18(24)6-8-20/h2-10,15-16H,11-14H2,1H3,(H,26,29). The van der Waals surface area contributed by atoms with Gasteiger partial charge in [-0.25, -0.2) is 9.37 Å². The Hall–Kier alpha value is -3.41. The van der Waals surface area contributed by atoms with Crippen molar-refractivity contribution in [2.75, 3.05) is 41.3 Å². The van der Waals surface area contributed by atoms with E-state index in [1.165, 1.54) is 12.1 Å². The molecule has 4 rings (SSSR count). The van der Waals surface area contributed by atoms with E-state index in [1.54, 1.807) is 12.3 Å². The summed E-state index contributed by atoms with van der Waals surface area (Å²) >= 11 is 0. The molecule has 148 valence electrons. The molecule has 0 bridgehead atoms. The minimum absolute atomic E-state index is 0.218. The highest BCUT2D eigenvalue weighted by molar-refractivity contribution is 6.03. The Kier molecular flexibility index (Phi) is 5.42. The van der Waals surface area contributed by atoms with Gasteiger partial charge in [0.05, 0.1) is 11.9 Å². The Labute approximate surface area is 169 Å². The zero-order chi connectivity index (χ0) is 20.2. The van der Waals surface area contributed by atoms with Crippen LogP contribution in [0.25, 0.3) is 0 Å². The molecule has 29 heavy (non-hydrogen) atoms. The highest BCUT2D eigenvalue weighted by Crippen LogP contribution is 2.21. The SMILES string of the molecule is Cc1cccc(NC(=O)c2ccc(N3CCN(c4ccc(F)cc4)CC3)cn2)c1. The fourth-order valence-corrected chi connectivity index (χ4v) is 3.50. The predicted octanol–water partition coefficient (Wildman–Crippen LogP) is 4.11. The summed E-state index contributed by atoms with van der Waals surface area (Å²) in [5, 5.41) is 2.88. The number of amides is 1. The number of piperazine rings is 1. The number of pyridine rings is 1. The maximum Gasteiger partial charge on any atom is 0.274 e. The first-order valence-electron chi connectivity index (χ1n) is 9.68. The van der Waals surface area contributed by atoms with Crippen LogP contribution in [0, 0.1) is 12.7 Å². The molecule has 2 heterocycles. The lowest BCUT2D eigenvalue weighted by Gasteiger charge is -2.37. The predicted molar refractivity (Wildman–Crippen MR) is 114 cm³/mol. The van der Waals surface area contributed by atoms with E-state index >= 15 is 0 Å². The van der Waals surface area contributed by atoms with E-state index < -0.39 is 0 Å². The lowest BCUT2D eigenvalue weighted by Crippen LogP contribution is -2.46. The normalized spacial score (nSPS) is 14.0. The molecular weight excluding hydrogens is 367 g/mol. The van der Waals surface area contributed by atoms with Crippen LogP contribution in [0.1, 0.15) is 16.1 Å². The Morgan fingerprint density at radius 3 is 2.21 bits per heavy atom. The van der Waals surface area contributed by atoms with E-state index in [1.807, 2.05) is 49.4 Å². The summed E-state index contributed by atoms with van der Waals surface area (Å²) in [5.41, 5.74) is 4.27. The molecule has 0 atom stereocenters. The summed E-state index contributed by atoms with van der Waals surface area (Å²) in [7, 11) is 0. The van der Waals surface area contributed by atoms with E-state index in [4.69, 9.17) is 0 Å². The van der Waals surface area contributed by atoms with Crippen LogP contribution in [0.3, 0.4) is 0 Å². The zero-order valence-electron chi connectivity index (χ0n) is 16.3. The fraction of sp³-hybridized carbons (Fsp3) is 0.217. The summed E-state index contributed by atoms with van der Waals surface area (Å²) in [5.74, 6) is -0.437. The average Bonchev–Trinajstić information content (AvgIpc) is 2.75. The van der Waals surface area contributed by atoms with Crippen LogP contribution in [0.15, 0.2) is 66.9 Å². The van der Waals surface area contributed by atoms with Crippen LogP contribution < -0.4 is 15.1 Å². The van der Waals surface area contributed by atoms with Crippen molar-refractivity contribution in [2.45, 2.75) is 6.92 Å². The van der Waals surface area contributed by atoms with Crippen molar-refractivity contribution in [3.05, 3.63) is 83.9 Å². The number of rotatable bonds is 4. The summed E-state index contributed by atoms with van der Waals surface area (Å²) in [4.78, 5) is 21.3. The first-order valence-corrected chi connectivity index (χ1v) is 9.68. The van der Waals surface area contributed by atoms with Gasteiger partial charge < -0.3 is 15.1 Å². The molecule has 0 unspecified atom stereocenters. The number of halogens is 1. The van der Waals surface area contributed by atoms with Gasteiger partial charge in [0.15, 0.2) is 0 Å². The number of carbonyl (C=O) groups is 1. The molecule has 1 aliphatic rings. The van der Waals surface area contributed by atoms with Crippen LogP contribution in [-0.2, 0) is 0 Å². The first kappa shape index (κ1) is 18.9. The highest BCUT2D eigenvalue weighted by Gasteiger charge is 2.18. The number of nitrogens with one attached hydrogen (secondary N) is 1. The number of anilines is 3. The lowest BCUT2D eigenvalue weighted by molar-refractivity contribution is 0.102. The average molecular weight is 390 g/mol. The van der Waals surface area contributed by atoms with Gasteiger partial charge in [-0.2, -0.15) is 0 Å². The lowest BCUT2D eigenvalue weighted by atomic mass is 10.2. The van der Waals surface area contributed by atoms with Gasteiger partial charge in [0.2, 0.25) is 0 Å². The van der Waals surface area contributed by atoms with Crippen molar-refractivity contribution in [1.82, 2.24) is 4.98 Å². The molecule has 2 aromatic carbocycles. The molecule has 1 aliphatic heterocycles. The fourth-order valence-electron chi connectivity index (χ4n) is 3.50. The molecule has 1 saturated heterocycles. The van der Waals surface area contributed by atoms with Crippen molar-refractivity contribution in [1.29, 1.82) is 0 Å². The second-order valence-corrected chi connectivity index (χ2v) is 7.18. The second kappa shape index (κ2) is 8.31. The van der Waals surface area contributed by atoms with Gasteiger partial charge in [0, 0.05) is 37.6 Å². The van der Waals surface area contributed by atoms with E-state index in [9.17, 15) is 9.18 Å². The number of nitrogens with zero attached hydrogens (tertiary/aromatic N) is 3. The summed E-state index contributed by atoms with van der Waals surface area (Å²) in [6.45, 7) is 5.36. The molecule has 6 heteroatoms. The monoisotopic (exact) mass is 390 g/mol. The van der Waals surface area contributed by atoms with Crippen molar-refractivity contribution < 1.29 is 9.18 Å². The minimum atomic E-state index is -0.219. The Balaban J connectivity index is 1.36. The number of aryl methyl sites for hydroxylation is 1. The third-order valence-electron chi connectivity index (χ3n) is 5.09. The molecule has 1 aromatic heterocycles. The van der Waals surface area contributed by atoms with Crippen molar-refractivity contribution in [2.24, 2.45) is 0 Å². The smallest absolute Gasteiger partial charge is 0.274 e. The quantitative estimate of drug-likeness (QED) is 0.728. The largest absolute Gasteiger partial charge is 0.368 e. The van der Waals surface area contributed by atoms with Crippen molar-refractivity contribution >= 4 is 23.0 Å². The number of carbonyl (C=O) groups excluding carboxylic acids is 1. The second-order valence-electron chi connectivity index (χ2n) is 7.18. The van der Waals surface area contributed by atoms with E-state index in [0.29, 0.717) is 5.69 Å². The number of hydrogen-bond acceptors (Lipinski definition) is 4. The van der Waals surface area contributed by atoms with Crippen LogP contribution in [0.4, 0.5) is 21.5 Å². The molecule has 1 fully saturated rings. The molecule has 0 spiro atoms. The molecule has 0 radical (unpaired) electrons. The van der Waals surface area contributed by atoms with Crippen LogP contribution in [-0.4, -0.2) is 37.1 Å². The zero-order valence-corrected chi connectivity index (χ0v) is 16.3. The van der Waals surface area contributed by atoms with Crippen LogP contribution in [0.5, 0.6) is 0 Å². The van der Waals surface area contributed by atoms with E-state index in [-0.39, 0.29) is 11.7 Å². The number of aromatic nitrogens is 1. The molecule has 5 nitrogen and oxygen atoms in total. The van der Waals surface area contributed by atoms with Crippen molar-refractivity contribution in [3.63, 3.8) is 0 Å². The van der Waals surface area contributed by atoms with E-state index in [2.05, 4.69) is 20.1 Å². The van der Waals surface area contributed by atoms with Gasteiger partial charge in [-0.3, -0.25) is 4.79 Å². The van der Waals surface area contributed by atoms with Gasteiger partial charge in [-0.1, -0.05) is 12.1 Å². The highest BCUT2D eigenvalue weighted by atomic mass is 19.1. The first-order chi connectivity index (χ1) is 14.1. The molecular formula is C23H23FN4O. The van der Waals surface area contributed by atoms with E-state index in [0.717, 1.165) is 48.8 Å². The molecule has 0 aliphatic carbocycles. The number of hydrogen-bond donors (Lipinski definition) is 1. The van der Waals surface area contributed by atoms with Gasteiger partial charge in [0.25, 0.3) is 5.91 Å². The molecule has 1 N–H and O–H groups in total. The van der Waals surface area contributed by atoms with Gasteiger partial charge in [-0.15, -0.1) is 0 Å². The van der Waals surface area contributed by atoms with Crippen LogP contribution in [0.2, 0.25) is 0 Å². The summed E-state index contributed by atoms with van der Waals surface area (Å²) in [6.07, 6.45) is 1.75. The van der Waals surface area contributed by atoms with Gasteiger partial charge in [-0.05, 0) is 61.0 Å². The van der Waals surface area contributed by atoms with Gasteiger partial charge >= 0.3 is 0 Å². The van der Waals surface area contributed by atoms with Crippen molar-refractivity contribution in [3.8, 4) is 0 Å². The third-order valence-corrected chi connectivity index (χ3v) is 5.09. The Morgan fingerprint density at radius 1 is 0.931 bits per heavy atom. The Bertz CT molecular complexity index is 981. The summed E-state index contributed by atoms with van der Waals surface area (Å²) in [6, 6.07) is 18.0. The topological polar surface area (TPSA) is 48.5 Å². The summed E-state index contributed by atoms with van der Waals surface area (Å²) < 4.78 is 13.1. The minimum Gasteiger partial charge on any atom is -0.368 e.